The van der Waals surface area contributed by atoms with Crippen LogP contribution in [0.5, 0.6) is 0 Å². The molecule has 1 N–H and O–H groups in total. The first kappa shape index (κ1) is 38.2. The van der Waals surface area contributed by atoms with Gasteiger partial charge in [-0.3, -0.25) is 23.9 Å². The lowest BCUT2D eigenvalue weighted by Gasteiger charge is -2.35. The highest BCUT2D eigenvalue weighted by molar-refractivity contribution is 7.90. The first-order valence-corrected chi connectivity index (χ1v) is 20.1. The van der Waals surface area contributed by atoms with Crippen molar-refractivity contribution in [2.45, 2.75) is 128 Å². The number of fused-ring (bicyclic) bond motifs is 4. The molecule has 2 amide bonds. The number of hydrogen-bond donors (Lipinski definition) is 1. The number of allylic oxidation sites excluding steroid dienone is 1. The lowest BCUT2D eigenvalue weighted by molar-refractivity contribution is -0.153. The van der Waals surface area contributed by atoms with Crippen molar-refractivity contribution in [3.63, 3.8) is 0 Å². The summed E-state index contributed by atoms with van der Waals surface area (Å²) < 4.78 is 39.5. The van der Waals surface area contributed by atoms with Gasteiger partial charge in [-0.15, -0.1) is 6.58 Å². The molecule has 0 aromatic heterocycles. The van der Waals surface area contributed by atoms with Gasteiger partial charge in [0.15, 0.2) is 5.78 Å². The van der Waals surface area contributed by atoms with Crippen LogP contribution >= 0.6 is 0 Å². The number of rotatable bonds is 7. The molecule has 1 aromatic carbocycles. The Morgan fingerprint density at radius 2 is 1.70 bits per heavy atom. The van der Waals surface area contributed by atoms with E-state index in [-0.39, 0.29) is 43.4 Å². The summed E-state index contributed by atoms with van der Waals surface area (Å²) in [6.07, 6.45) is 10.2. The fourth-order valence-electron chi connectivity index (χ4n) is 7.58. The molecule has 2 heterocycles. The highest BCUT2D eigenvalue weighted by Gasteiger charge is 2.61. The molecule has 4 aliphatic rings. The number of ketones is 1. The minimum Gasteiger partial charge on any atom is -0.466 e. The Kier molecular flexibility index (Phi) is 12.3. The quantitative estimate of drug-likeness (QED) is 0.291. The number of aryl methyl sites for hydroxylation is 2. The van der Waals surface area contributed by atoms with Crippen LogP contribution in [0.4, 0.5) is 0 Å². The van der Waals surface area contributed by atoms with Crippen LogP contribution in [0.15, 0.2) is 36.9 Å². The minimum atomic E-state index is -3.81. The van der Waals surface area contributed by atoms with Gasteiger partial charge in [0.2, 0.25) is 21.8 Å². The van der Waals surface area contributed by atoms with E-state index >= 15 is 0 Å². The SMILES string of the molecule is C=C[C@@H]1C[C@]1(CC(=O)[C@@H]1C[C@@H]2CN1C(=O)[C@H](C(C)(C)C)CC(=O)OCCCCCCCc1cccc(c1)CCCO2)C(=O)NS(=O)(=O)C1CC1. The number of cyclic esters (lactones) is 1. The lowest BCUT2D eigenvalue weighted by Crippen LogP contribution is -2.48. The molecule has 4 bridgehead atoms. The Morgan fingerprint density at radius 3 is 2.36 bits per heavy atom. The Bertz CT molecular complexity index is 1530. The van der Waals surface area contributed by atoms with Gasteiger partial charge in [-0.25, -0.2) is 8.42 Å². The number of benzene rings is 1. The van der Waals surface area contributed by atoms with Crippen molar-refractivity contribution in [3.8, 4) is 0 Å². The van der Waals surface area contributed by atoms with Gasteiger partial charge in [0.25, 0.3) is 0 Å². The number of ether oxygens (including phenoxy) is 2. The Labute approximate surface area is 298 Å². The van der Waals surface area contributed by atoms with Crippen LogP contribution in [0.1, 0.15) is 109 Å². The Hall–Kier alpha value is -3.05. The molecule has 2 aliphatic carbocycles. The van der Waals surface area contributed by atoms with Crippen LogP contribution in [0.3, 0.4) is 0 Å². The molecule has 5 atom stereocenters. The predicted octanol–water partition coefficient (Wildman–Crippen LogP) is 5.47. The number of sulfonamides is 1. The average molecular weight is 713 g/mol. The summed E-state index contributed by atoms with van der Waals surface area (Å²) in [4.78, 5) is 56.7. The number of esters is 1. The second-order valence-corrected chi connectivity index (χ2v) is 18.0. The smallest absolute Gasteiger partial charge is 0.306 e. The third-order valence-electron chi connectivity index (χ3n) is 11.0. The first-order valence-electron chi connectivity index (χ1n) is 18.6. The maximum Gasteiger partial charge on any atom is 0.306 e. The highest BCUT2D eigenvalue weighted by Crippen LogP contribution is 2.57. The van der Waals surface area contributed by atoms with Gasteiger partial charge >= 0.3 is 5.97 Å². The van der Waals surface area contributed by atoms with Crippen molar-refractivity contribution >= 4 is 33.6 Å². The Morgan fingerprint density at radius 1 is 1.02 bits per heavy atom. The van der Waals surface area contributed by atoms with E-state index in [1.807, 2.05) is 20.8 Å². The monoisotopic (exact) mass is 712 g/mol. The van der Waals surface area contributed by atoms with Crippen LogP contribution in [0.2, 0.25) is 0 Å². The van der Waals surface area contributed by atoms with E-state index in [0.29, 0.717) is 32.5 Å². The third-order valence-corrected chi connectivity index (χ3v) is 12.8. The number of Topliss-reactive ketones (excluding diaryl/α,β-unsaturated/α-hetero) is 1. The van der Waals surface area contributed by atoms with E-state index in [0.717, 1.165) is 51.4 Å². The Balaban J connectivity index is 1.35. The van der Waals surface area contributed by atoms with E-state index in [9.17, 15) is 27.6 Å². The number of nitrogens with one attached hydrogen (secondary N) is 1. The standard InChI is InChI=1S/C39H56N2O8S/c1-5-29-24-39(29,37(45)40-50(46,47)31-17-18-31)25-34(42)33-22-30-26-41(33)36(44)32(38(2,3)4)23-35(43)49-19-10-8-6-7-9-13-27-14-11-15-28(21-27)16-12-20-48-30/h5,11,14-15,21,29-33H,1,6-10,12-13,16-20,22-26H2,2-4H3,(H,40,45)/t29-,30-,32-,33+,39-/m1/s1. The molecule has 0 unspecified atom stereocenters. The fraction of sp³-hybridized carbons (Fsp3) is 0.692. The van der Waals surface area contributed by atoms with Crippen molar-refractivity contribution in [1.82, 2.24) is 9.62 Å². The molecule has 2 saturated carbocycles. The van der Waals surface area contributed by atoms with Gasteiger partial charge in [-0.1, -0.05) is 70.4 Å². The van der Waals surface area contributed by atoms with E-state index in [2.05, 4.69) is 35.6 Å². The normalized spacial score (nSPS) is 29.2. The van der Waals surface area contributed by atoms with Crippen LogP contribution < -0.4 is 4.72 Å². The minimum absolute atomic E-state index is 0.104. The third kappa shape index (κ3) is 9.63. The first-order chi connectivity index (χ1) is 23.7. The number of hydrogen-bond acceptors (Lipinski definition) is 8. The van der Waals surface area contributed by atoms with Crippen molar-refractivity contribution in [2.75, 3.05) is 19.8 Å². The van der Waals surface area contributed by atoms with Crippen LogP contribution in [-0.4, -0.2) is 74.0 Å². The number of carbonyl (C=O) groups excluding carboxylic acids is 4. The van der Waals surface area contributed by atoms with Gasteiger partial charge < -0.3 is 14.4 Å². The molecule has 0 spiro atoms. The van der Waals surface area contributed by atoms with Gasteiger partial charge in [0.05, 0.1) is 41.8 Å². The maximum atomic E-state index is 14.4. The summed E-state index contributed by atoms with van der Waals surface area (Å²) in [5, 5.41) is -0.577. The molecule has 3 fully saturated rings. The summed E-state index contributed by atoms with van der Waals surface area (Å²) >= 11 is 0. The summed E-state index contributed by atoms with van der Waals surface area (Å²) in [7, 11) is -3.81. The lowest BCUT2D eigenvalue weighted by atomic mass is 9.77. The molecule has 1 saturated heterocycles. The van der Waals surface area contributed by atoms with E-state index in [1.165, 1.54) is 11.1 Å². The molecule has 2 aliphatic heterocycles. The summed E-state index contributed by atoms with van der Waals surface area (Å²) in [5.41, 5.74) is 0.753. The molecular formula is C39H56N2O8S. The average Bonchev–Trinajstić information content (AvgIpc) is 3.99. The topological polar surface area (TPSA) is 136 Å². The molecule has 5 rings (SSSR count). The molecular weight excluding hydrogens is 657 g/mol. The number of carbonyl (C=O) groups is 4. The van der Waals surface area contributed by atoms with Gasteiger partial charge in [0.1, 0.15) is 0 Å². The predicted molar refractivity (Wildman–Crippen MR) is 190 cm³/mol. The second kappa shape index (κ2) is 16.1. The largest absolute Gasteiger partial charge is 0.466 e. The van der Waals surface area contributed by atoms with Gasteiger partial charge in [-0.2, -0.15) is 0 Å². The van der Waals surface area contributed by atoms with Gasteiger partial charge in [0, 0.05) is 26.0 Å². The molecule has 50 heavy (non-hydrogen) atoms. The number of amides is 2. The van der Waals surface area contributed by atoms with Crippen molar-refractivity contribution in [2.24, 2.45) is 22.7 Å². The highest BCUT2D eigenvalue weighted by atomic mass is 32.2. The van der Waals surface area contributed by atoms with Crippen molar-refractivity contribution in [3.05, 3.63) is 48.0 Å². The van der Waals surface area contributed by atoms with Crippen molar-refractivity contribution < 1.29 is 37.1 Å². The summed E-state index contributed by atoms with van der Waals surface area (Å²) in [6.45, 7) is 10.5. The molecule has 1 aromatic rings. The summed E-state index contributed by atoms with van der Waals surface area (Å²) in [6, 6.07) is 7.80. The van der Waals surface area contributed by atoms with Crippen molar-refractivity contribution in [1.29, 1.82) is 0 Å². The van der Waals surface area contributed by atoms with Crippen LogP contribution in [0.25, 0.3) is 0 Å². The summed E-state index contributed by atoms with van der Waals surface area (Å²) in [5.74, 6) is -2.83. The second-order valence-electron chi connectivity index (χ2n) is 16.0. The van der Waals surface area contributed by atoms with Crippen LogP contribution in [0, 0.1) is 22.7 Å². The zero-order chi connectivity index (χ0) is 36.1. The number of nitrogens with zero attached hydrogens (tertiary/aromatic N) is 1. The molecule has 10 nitrogen and oxygen atoms in total. The van der Waals surface area contributed by atoms with Gasteiger partial charge in [-0.05, 0) is 73.8 Å². The molecule has 276 valence electrons. The zero-order valence-electron chi connectivity index (χ0n) is 30.1. The molecule has 0 radical (unpaired) electrons. The fourth-order valence-corrected chi connectivity index (χ4v) is 8.96. The molecule has 11 heteroatoms. The van der Waals surface area contributed by atoms with Crippen LogP contribution in [-0.2, 0) is 51.5 Å². The maximum absolute atomic E-state index is 14.4. The zero-order valence-corrected chi connectivity index (χ0v) is 30.9. The van der Waals surface area contributed by atoms with E-state index in [1.54, 1.807) is 11.0 Å². The van der Waals surface area contributed by atoms with E-state index < -0.39 is 56.0 Å². The van der Waals surface area contributed by atoms with E-state index in [4.69, 9.17) is 9.47 Å².